The molecule has 1 aromatic heterocycles. The van der Waals surface area contributed by atoms with Crippen LogP contribution in [-0.4, -0.2) is 23.1 Å². The number of nitrogens with one attached hydrogen (secondary N) is 1. The van der Waals surface area contributed by atoms with Gasteiger partial charge in [-0.25, -0.2) is 4.98 Å². The fraction of sp³-hybridized carbons (Fsp3) is 0.667. The molecule has 0 aliphatic carbocycles. The third-order valence-electron chi connectivity index (χ3n) is 3.09. The average molecular weight is 221 g/mol. The lowest BCUT2D eigenvalue weighted by Crippen LogP contribution is -2.35. The first-order valence-electron chi connectivity index (χ1n) is 6.04. The molecule has 88 valence electrons. The molecule has 2 heterocycles. The van der Waals surface area contributed by atoms with Gasteiger partial charge in [0, 0.05) is 25.6 Å². The van der Waals surface area contributed by atoms with Crippen LogP contribution in [0.1, 0.15) is 32.5 Å². The van der Waals surface area contributed by atoms with Crippen LogP contribution in [0.25, 0.3) is 0 Å². The van der Waals surface area contributed by atoms with Gasteiger partial charge in [-0.3, -0.25) is 4.79 Å². The number of rotatable bonds is 2. The molecule has 1 atom stereocenters. The predicted octanol–water partition coefficient (Wildman–Crippen LogP) is 1.57. The van der Waals surface area contributed by atoms with Gasteiger partial charge in [0.2, 0.25) is 0 Å². The molecule has 1 aliphatic heterocycles. The molecule has 0 bridgehead atoms. The van der Waals surface area contributed by atoms with E-state index in [0.29, 0.717) is 5.92 Å². The third kappa shape index (κ3) is 2.43. The van der Waals surface area contributed by atoms with Crippen LogP contribution < -0.4 is 10.5 Å². The van der Waals surface area contributed by atoms with Gasteiger partial charge < -0.3 is 9.88 Å². The number of H-pyrrole nitrogens is 1. The molecule has 0 saturated carbocycles. The van der Waals surface area contributed by atoms with Crippen molar-refractivity contribution in [2.45, 2.75) is 33.1 Å². The zero-order valence-electron chi connectivity index (χ0n) is 9.99. The van der Waals surface area contributed by atoms with E-state index in [1.807, 2.05) is 6.92 Å². The van der Waals surface area contributed by atoms with Gasteiger partial charge >= 0.3 is 0 Å². The van der Waals surface area contributed by atoms with Crippen molar-refractivity contribution in [3.8, 4) is 0 Å². The number of anilines is 1. The van der Waals surface area contributed by atoms with Gasteiger partial charge in [0.1, 0.15) is 11.6 Å². The van der Waals surface area contributed by atoms with Crippen LogP contribution in [0.4, 0.5) is 5.82 Å². The molecule has 0 amide bonds. The van der Waals surface area contributed by atoms with E-state index in [1.54, 1.807) is 6.07 Å². The number of aromatic nitrogens is 2. The Labute approximate surface area is 95.7 Å². The first-order chi connectivity index (χ1) is 7.69. The Kier molecular flexibility index (Phi) is 3.27. The Hall–Kier alpha value is -1.32. The number of aryl methyl sites for hydroxylation is 1. The van der Waals surface area contributed by atoms with Crippen molar-refractivity contribution >= 4 is 5.82 Å². The second-order valence-electron chi connectivity index (χ2n) is 4.60. The Bertz CT molecular complexity index is 413. The molecule has 0 aromatic carbocycles. The second kappa shape index (κ2) is 4.68. The van der Waals surface area contributed by atoms with E-state index < -0.39 is 0 Å². The molecule has 4 nitrogen and oxygen atoms in total. The zero-order chi connectivity index (χ0) is 11.5. The topological polar surface area (TPSA) is 49.0 Å². The van der Waals surface area contributed by atoms with Crippen molar-refractivity contribution in [1.82, 2.24) is 9.97 Å². The number of piperidine rings is 1. The SMILES string of the molecule is CCc1nc(N2CCCC(C)C2)cc(=O)[nH]1. The highest BCUT2D eigenvalue weighted by atomic mass is 16.1. The van der Waals surface area contributed by atoms with Crippen LogP contribution in [0.3, 0.4) is 0 Å². The Balaban J connectivity index is 2.25. The largest absolute Gasteiger partial charge is 0.356 e. The van der Waals surface area contributed by atoms with E-state index in [0.717, 1.165) is 31.2 Å². The summed E-state index contributed by atoms with van der Waals surface area (Å²) in [5.41, 5.74) is -0.0416. The molecule has 2 rings (SSSR count). The predicted molar refractivity (Wildman–Crippen MR) is 64.8 cm³/mol. The number of nitrogens with zero attached hydrogens (tertiary/aromatic N) is 2. The van der Waals surface area contributed by atoms with Crippen molar-refractivity contribution in [2.24, 2.45) is 5.92 Å². The van der Waals surface area contributed by atoms with E-state index in [2.05, 4.69) is 21.8 Å². The monoisotopic (exact) mass is 221 g/mol. The van der Waals surface area contributed by atoms with Gasteiger partial charge in [-0.05, 0) is 18.8 Å². The minimum atomic E-state index is -0.0416. The first-order valence-corrected chi connectivity index (χ1v) is 6.04. The van der Waals surface area contributed by atoms with Crippen LogP contribution in [0.2, 0.25) is 0 Å². The lowest BCUT2D eigenvalue weighted by molar-refractivity contribution is 0.444. The highest BCUT2D eigenvalue weighted by Crippen LogP contribution is 2.20. The smallest absolute Gasteiger partial charge is 0.252 e. The summed E-state index contributed by atoms with van der Waals surface area (Å²) in [4.78, 5) is 20.9. The maximum Gasteiger partial charge on any atom is 0.252 e. The summed E-state index contributed by atoms with van der Waals surface area (Å²) < 4.78 is 0. The molecular weight excluding hydrogens is 202 g/mol. The molecule has 1 fully saturated rings. The van der Waals surface area contributed by atoms with Crippen molar-refractivity contribution in [1.29, 1.82) is 0 Å². The molecule has 1 aromatic rings. The molecule has 0 radical (unpaired) electrons. The maximum absolute atomic E-state index is 11.5. The Morgan fingerprint density at radius 3 is 3.12 bits per heavy atom. The highest BCUT2D eigenvalue weighted by Gasteiger charge is 2.18. The van der Waals surface area contributed by atoms with Crippen molar-refractivity contribution in [2.75, 3.05) is 18.0 Å². The third-order valence-corrected chi connectivity index (χ3v) is 3.09. The molecule has 4 heteroatoms. The molecule has 1 unspecified atom stereocenters. The Morgan fingerprint density at radius 1 is 1.62 bits per heavy atom. The average Bonchev–Trinajstić information content (AvgIpc) is 2.28. The maximum atomic E-state index is 11.5. The fourth-order valence-corrected chi connectivity index (χ4v) is 2.22. The summed E-state index contributed by atoms with van der Waals surface area (Å²) in [6.45, 7) is 6.28. The van der Waals surface area contributed by atoms with Crippen molar-refractivity contribution in [3.05, 3.63) is 22.2 Å². The van der Waals surface area contributed by atoms with Crippen molar-refractivity contribution in [3.63, 3.8) is 0 Å². The van der Waals surface area contributed by atoms with Gasteiger partial charge in [-0.2, -0.15) is 0 Å². The molecular formula is C12H19N3O. The van der Waals surface area contributed by atoms with E-state index in [-0.39, 0.29) is 5.56 Å². The second-order valence-corrected chi connectivity index (χ2v) is 4.60. The summed E-state index contributed by atoms with van der Waals surface area (Å²) in [6.07, 6.45) is 3.24. The van der Waals surface area contributed by atoms with Crippen LogP contribution in [0.5, 0.6) is 0 Å². The lowest BCUT2D eigenvalue weighted by atomic mass is 10.0. The van der Waals surface area contributed by atoms with Crippen LogP contribution in [0, 0.1) is 5.92 Å². The first kappa shape index (κ1) is 11.2. The van der Waals surface area contributed by atoms with Crippen LogP contribution in [0.15, 0.2) is 10.9 Å². The number of hydrogen-bond donors (Lipinski definition) is 1. The zero-order valence-corrected chi connectivity index (χ0v) is 9.99. The van der Waals surface area contributed by atoms with Gasteiger partial charge in [0.05, 0.1) is 0 Å². The van der Waals surface area contributed by atoms with Gasteiger partial charge in [-0.15, -0.1) is 0 Å². The van der Waals surface area contributed by atoms with Gasteiger partial charge in [0.15, 0.2) is 0 Å². The highest BCUT2D eigenvalue weighted by molar-refractivity contribution is 5.38. The van der Waals surface area contributed by atoms with E-state index in [1.165, 1.54) is 12.8 Å². The molecule has 1 saturated heterocycles. The summed E-state index contributed by atoms with van der Waals surface area (Å²) in [6, 6.07) is 1.61. The van der Waals surface area contributed by atoms with E-state index in [4.69, 9.17) is 0 Å². The minimum absolute atomic E-state index is 0.0416. The van der Waals surface area contributed by atoms with Crippen LogP contribution in [-0.2, 0) is 6.42 Å². The summed E-state index contributed by atoms with van der Waals surface area (Å²) in [7, 11) is 0. The molecule has 1 N–H and O–H groups in total. The summed E-state index contributed by atoms with van der Waals surface area (Å²) in [5.74, 6) is 2.31. The van der Waals surface area contributed by atoms with E-state index in [9.17, 15) is 4.79 Å². The molecule has 16 heavy (non-hydrogen) atoms. The summed E-state index contributed by atoms with van der Waals surface area (Å²) >= 11 is 0. The lowest BCUT2D eigenvalue weighted by Gasteiger charge is -2.31. The van der Waals surface area contributed by atoms with Crippen molar-refractivity contribution < 1.29 is 0 Å². The standard InChI is InChI=1S/C12H19N3O/c1-3-10-13-11(7-12(16)14-10)15-6-4-5-9(2)8-15/h7,9H,3-6,8H2,1-2H3,(H,13,14,16). The normalized spacial score (nSPS) is 21.1. The quantitative estimate of drug-likeness (QED) is 0.824. The number of aromatic amines is 1. The fourth-order valence-electron chi connectivity index (χ4n) is 2.22. The Morgan fingerprint density at radius 2 is 2.44 bits per heavy atom. The van der Waals surface area contributed by atoms with Gasteiger partial charge in [0.25, 0.3) is 5.56 Å². The van der Waals surface area contributed by atoms with Gasteiger partial charge in [-0.1, -0.05) is 13.8 Å². The molecule has 1 aliphatic rings. The minimum Gasteiger partial charge on any atom is -0.356 e. The molecule has 0 spiro atoms. The number of hydrogen-bond acceptors (Lipinski definition) is 3. The van der Waals surface area contributed by atoms with Crippen LogP contribution >= 0.6 is 0 Å². The van der Waals surface area contributed by atoms with E-state index >= 15 is 0 Å². The summed E-state index contributed by atoms with van der Waals surface area (Å²) in [5, 5.41) is 0.